The summed E-state index contributed by atoms with van der Waals surface area (Å²) < 4.78 is 0.961. The van der Waals surface area contributed by atoms with E-state index >= 15 is 0 Å². The second-order valence-corrected chi connectivity index (χ2v) is 4.49. The van der Waals surface area contributed by atoms with Crippen molar-refractivity contribution in [2.45, 2.75) is 26.2 Å². The summed E-state index contributed by atoms with van der Waals surface area (Å²) in [5.41, 5.74) is 3.48. The van der Waals surface area contributed by atoms with Crippen LogP contribution < -0.4 is 0 Å². The first-order chi connectivity index (χ1) is 7.74. The van der Waals surface area contributed by atoms with Crippen LogP contribution in [0.1, 0.15) is 25.3 Å². The minimum atomic E-state index is -0.369. The van der Waals surface area contributed by atoms with Crippen molar-refractivity contribution in [2.24, 2.45) is 0 Å². The van der Waals surface area contributed by atoms with Gasteiger partial charge in [-0.25, -0.2) is 4.98 Å². The Morgan fingerprint density at radius 2 is 2.31 bits per heavy atom. The van der Waals surface area contributed by atoms with Gasteiger partial charge in [0.15, 0.2) is 5.52 Å². The number of unbranched alkanes of at least 4 members (excludes halogenated alkanes) is 1. The quantitative estimate of drug-likeness (QED) is 0.602. The zero-order chi connectivity index (χ0) is 11.5. The van der Waals surface area contributed by atoms with Crippen LogP contribution >= 0.6 is 11.3 Å². The molecule has 2 aromatic rings. The minimum absolute atomic E-state index is 0.108. The highest BCUT2D eigenvalue weighted by molar-refractivity contribution is 7.17. The highest BCUT2D eigenvalue weighted by Gasteiger charge is 2.16. The third-order valence-corrected chi connectivity index (χ3v) is 3.44. The van der Waals surface area contributed by atoms with Gasteiger partial charge in [-0.2, -0.15) is 0 Å². The van der Waals surface area contributed by atoms with Crippen molar-refractivity contribution in [2.75, 3.05) is 0 Å². The fourth-order valence-electron chi connectivity index (χ4n) is 1.70. The summed E-state index contributed by atoms with van der Waals surface area (Å²) in [5, 5.41) is 10.8. The number of benzene rings is 1. The van der Waals surface area contributed by atoms with Gasteiger partial charge < -0.3 is 0 Å². The fourth-order valence-corrected chi connectivity index (χ4v) is 2.56. The van der Waals surface area contributed by atoms with Crippen LogP contribution in [-0.4, -0.2) is 9.91 Å². The van der Waals surface area contributed by atoms with E-state index < -0.39 is 0 Å². The molecule has 0 aliphatic carbocycles. The third-order valence-electron chi connectivity index (χ3n) is 2.54. The second kappa shape index (κ2) is 4.57. The van der Waals surface area contributed by atoms with Crippen LogP contribution in [0.15, 0.2) is 17.6 Å². The van der Waals surface area contributed by atoms with Gasteiger partial charge in [0.25, 0.3) is 5.69 Å². The standard InChI is InChI=1S/C11H12N2O2S/c1-2-3-4-8-5-6-9(13(14)15)10-11(8)16-7-12-10/h5-7H,2-4H2,1H3. The lowest BCUT2D eigenvalue weighted by Crippen LogP contribution is -1.92. The number of nitrogens with zero attached hydrogens (tertiary/aromatic N) is 2. The van der Waals surface area contributed by atoms with E-state index in [0.717, 1.165) is 24.0 Å². The van der Waals surface area contributed by atoms with Gasteiger partial charge in [-0.05, 0) is 18.4 Å². The molecule has 0 radical (unpaired) electrons. The Hall–Kier alpha value is -1.49. The summed E-state index contributed by atoms with van der Waals surface area (Å²) >= 11 is 1.48. The topological polar surface area (TPSA) is 56.0 Å². The number of fused-ring (bicyclic) bond motifs is 1. The molecule has 1 heterocycles. The molecule has 0 saturated carbocycles. The van der Waals surface area contributed by atoms with Crippen LogP contribution in [0.5, 0.6) is 0 Å². The largest absolute Gasteiger partial charge is 0.296 e. The van der Waals surface area contributed by atoms with Gasteiger partial charge >= 0.3 is 0 Å². The van der Waals surface area contributed by atoms with Crippen LogP contribution in [-0.2, 0) is 6.42 Å². The fraction of sp³-hybridized carbons (Fsp3) is 0.364. The Bertz CT molecular complexity index is 522. The van der Waals surface area contributed by atoms with Crippen molar-refractivity contribution < 1.29 is 4.92 Å². The first-order valence-corrected chi connectivity index (χ1v) is 6.11. The van der Waals surface area contributed by atoms with E-state index in [9.17, 15) is 10.1 Å². The van der Waals surface area contributed by atoms with Crippen LogP contribution in [0.4, 0.5) is 5.69 Å². The van der Waals surface area contributed by atoms with Gasteiger partial charge in [-0.3, -0.25) is 10.1 Å². The highest BCUT2D eigenvalue weighted by Crippen LogP contribution is 2.31. The molecule has 4 nitrogen and oxygen atoms in total. The van der Waals surface area contributed by atoms with Crippen molar-refractivity contribution in [1.29, 1.82) is 0 Å². The van der Waals surface area contributed by atoms with E-state index in [1.54, 1.807) is 11.6 Å². The van der Waals surface area contributed by atoms with E-state index in [1.165, 1.54) is 16.9 Å². The zero-order valence-electron chi connectivity index (χ0n) is 8.97. The highest BCUT2D eigenvalue weighted by atomic mass is 32.1. The maximum Gasteiger partial charge on any atom is 0.296 e. The molecule has 84 valence electrons. The van der Waals surface area contributed by atoms with Gasteiger partial charge in [0, 0.05) is 6.07 Å². The predicted molar refractivity (Wildman–Crippen MR) is 64.9 cm³/mol. The summed E-state index contributed by atoms with van der Waals surface area (Å²) in [4.78, 5) is 14.5. The number of rotatable bonds is 4. The molecular formula is C11H12N2O2S. The van der Waals surface area contributed by atoms with E-state index in [1.807, 2.05) is 6.07 Å². The van der Waals surface area contributed by atoms with E-state index in [-0.39, 0.29) is 10.6 Å². The summed E-state index contributed by atoms with van der Waals surface area (Å²) in [7, 11) is 0. The molecule has 0 spiro atoms. The number of thiazole rings is 1. The molecule has 0 saturated heterocycles. The molecule has 1 aromatic carbocycles. The van der Waals surface area contributed by atoms with Gasteiger partial charge in [0.05, 0.1) is 15.1 Å². The molecule has 0 amide bonds. The van der Waals surface area contributed by atoms with Crippen molar-refractivity contribution in [3.05, 3.63) is 33.3 Å². The molecule has 0 aliphatic heterocycles. The van der Waals surface area contributed by atoms with Gasteiger partial charge in [0.1, 0.15) is 0 Å². The van der Waals surface area contributed by atoms with Crippen molar-refractivity contribution in [3.8, 4) is 0 Å². The normalized spacial score (nSPS) is 10.8. The van der Waals surface area contributed by atoms with E-state index in [4.69, 9.17) is 0 Å². The lowest BCUT2D eigenvalue weighted by atomic mass is 10.1. The first-order valence-electron chi connectivity index (χ1n) is 5.23. The molecule has 5 heteroatoms. The molecule has 1 aromatic heterocycles. The maximum atomic E-state index is 10.8. The Morgan fingerprint density at radius 3 is 3.00 bits per heavy atom. The van der Waals surface area contributed by atoms with E-state index in [0.29, 0.717) is 5.52 Å². The number of aryl methyl sites for hydroxylation is 1. The molecule has 0 fully saturated rings. The smallest absolute Gasteiger partial charge is 0.258 e. The van der Waals surface area contributed by atoms with Gasteiger partial charge in [0.2, 0.25) is 0 Å². The zero-order valence-corrected chi connectivity index (χ0v) is 9.79. The SMILES string of the molecule is CCCCc1ccc([N+](=O)[O-])c2ncsc12. The molecule has 0 unspecified atom stereocenters. The average molecular weight is 236 g/mol. The Labute approximate surface area is 97.1 Å². The van der Waals surface area contributed by atoms with Crippen LogP contribution in [0.3, 0.4) is 0 Å². The van der Waals surface area contributed by atoms with Gasteiger partial charge in [-0.15, -0.1) is 11.3 Å². The van der Waals surface area contributed by atoms with Crippen molar-refractivity contribution >= 4 is 27.2 Å². The second-order valence-electron chi connectivity index (χ2n) is 3.63. The van der Waals surface area contributed by atoms with Crippen molar-refractivity contribution in [1.82, 2.24) is 4.98 Å². The molecule has 0 bridgehead atoms. The molecular weight excluding hydrogens is 224 g/mol. The minimum Gasteiger partial charge on any atom is -0.258 e. The lowest BCUT2D eigenvalue weighted by molar-refractivity contribution is -0.383. The molecule has 0 aliphatic rings. The first kappa shape index (κ1) is 11.0. The summed E-state index contributed by atoms with van der Waals surface area (Å²) in [6, 6.07) is 3.42. The number of aromatic nitrogens is 1. The van der Waals surface area contributed by atoms with Crippen LogP contribution in [0.25, 0.3) is 10.2 Å². The summed E-state index contributed by atoms with van der Waals surface area (Å²) in [6.07, 6.45) is 3.19. The number of hydrogen-bond donors (Lipinski definition) is 0. The summed E-state index contributed by atoms with van der Waals surface area (Å²) in [5.74, 6) is 0. The Balaban J connectivity index is 2.50. The average Bonchev–Trinajstić information content (AvgIpc) is 2.74. The number of non-ortho nitro benzene ring substituents is 1. The molecule has 0 atom stereocenters. The lowest BCUT2D eigenvalue weighted by Gasteiger charge is -2.01. The van der Waals surface area contributed by atoms with Gasteiger partial charge in [-0.1, -0.05) is 19.4 Å². The number of nitro groups is 1. The summed E-state index contributed by atoms with van der Waals surface area (Å²) in [6.45, 7) is 2.13. The van der Waals surface area contributed by atoms with Crippen LogP contribution in [0.2, 0.25) is 0 Å². The van der Waals surface area contributed by atoms with E-state index in [2.05, 4.69) is 11.9 Å². The number of nitro benzene ring substituents is 1. The third kappa shape index (κ3) is 1.90. The molecule has 16 heavy (non-hydrogen) atoms. The Kier molecular flexibility index (Phi) is 3.14. The molecule has 0 N–H and O–H groups in total. The monoisotopic (exact) mass is 236 g/mol. The van der Waals surface area contributed by atoms with Crippen LogP contribution in [0, 0.1) is 10.1 Å². The molecule has 2 rings (SSSR count). The Morgan fingerprint density at radius 1 is 1.50 bits per heavy atom. The predicted octanol–water partition coefficient (Wildman–Crippen LogP) is 3.55. The van der Waals surface area contributed by atoms with Crippen molar-refractivity contribution in [3.63, 3.8) is 0 Å². The maximum absolute atomic E-state index is 10.8. The number of hydrogen-bond acceptors (Lipinski definition) is 4.